The number of carbonyl (C=O) groups is 1. The number of rotatable bonds is 3. The Morgan fingerprint density at radius 3 is 3.16 bits per heavy atom. The van der Waals surface area contributed by atoms with Gasteiger partial charge in [0, 0.05) is 12.7 Å². The number of aliphatic hydroxyl groups excluding tert-OH is 1. The average molecular weight is 266 g/mol. The molecular weight excluding hydrogens is 248 g/mol. The molecule has 0 aromatic carbocycles. The number of aliphatic hydroxyl groups is 1. The van der Waals surface area contributed by atoms with Crippen LogP contribution in [-0.4, -0.2) is 55.1 Å². The minimum absolute atomic E-state index is 0.0520. The van der Waals surface area contributed by atoms with Gasteiger partial charge in [-0.3, -0.25) is 0 Å². The molecular formula is C13H18N2O4. The molecule has 0 radical (unpaired) electrons. The molecule has 0 spiro atoms. The zero-order chi connectivity index (χ0) is 13.8. The van der Waals surface area contributed by atoms with E-state index in [0.717, 1.165) is 0 Å². The second-order valence-corrected chi connectivity index (χ2v) is 4.51. The molecule has 2 unspecified atom stereocenters. The maximum Gasteiger partial charge on any atom is 0.341 e. The number of carbonyl (C=O) groups excluding carboxylic acids is 1. The first-order chi connectivity index (χ1) is 9.17. The second kappa shape index (κ2) is 5.99. The van der Waals surface area contributed by atoms with Crippen LogP contribution in [0, 0.1) is 0 Å². The summed E-state index contributed by atoms with van der Waals surface area (Å²) in [6.07, 6.45) is 1.38. The van der Waals surface area contributed by atoms with Crippen molar-refractivity contribution in [1.29, 1.82) is 0 Å². The summed E-state index contributed by atoms with van der Waals surface area (Å²) >= 11 is 0. The number of hydrogen-bond donors (Lipinski definition) is 1. The van der Waals surface area contributed by atoms with Crippen molar-refractivity contribution >= 4 is 11.8 Å². The Bertz CT molecular complexity index is 452. The number of nitrogens with zero attached hydrogens (tertiary/aromatic N) is 2. The predicted molar refractivity (Wildman–Crippen MR) is 69.2 cm³/mol. The molecule has 0 amide bonds. The van der Waals surface area contributed by atoms with Crippen molar-refractivity contribution in [2.45, 2.75) is 19.1 Å². The maximum atomic E-state index is 11.8. The van der Waals surface area contributed by atoms with Crippen LogP contribution in [0.2, 0.25) is 0 Å². The van der Waals surface area contributed by atoms with Gasteiger partial charge in [-0.1, -0.05) is 0 Å². The molecule has 1 aliphatic rings. The topological polar surface area (TPSA) is 71.9 Å². The van der Waals surface area contributed by atoms with Crippen LogP contribution in [0.25, 0.3) is 0 Å². The zero-order valence-corrected chi connectivity index (χ0v) is 11.1. The van der Waals surface area contributed by atoms with Gasteiger partial charge in [0.1, 0.15) is 11.4 Å². The molecule has 2 rings (SSSR count). The van der Waals surface area contributed by atoms with Crippen molar-refractivity contribution in [1.82, 2.24) is 4.98 Å². The number of aromatic nitrogens is 1. The Kier molecular flexibility index (Phi) is 4.34. The molecule has 2 atom stereocenters. The summed E-state index contributed by atoms with van der Waals surface area (Å²) in [4.78, 5) is 18.0. The summed E-state index contributed by atoms with van der Waals surface area (Å²) in [6, 6.07) is 3.47. The lowest BCUT2D eigenvalue weighted by molar-refractivity contribution is -0.0106. The SMILES string of the molecule is COC(=O)c1cccnc1N1CC(CO)OCC1C. The number of ether oxygens (including phenoxy) is 2. The molecule has 1 aliphatic heterocycles. The number of pyridine rings is 1. The third-order valence-corrected chi connectivity index (χ3v) is 3.17. The van der Waals surface area contributed by atoms with Crippen LogP contribution in [0.5, 0.6) is 0 Å². The van der Waals surface area contributed by atoms with Crippen LogP contribution in [0.1, 0.15) is 17.3 Å². The van der Waals surface area contributed by atoms with E-state index in [0.29, 0.717) is 24.5 Å². The molecule has 6 heteroatoms. The van der Waals surface area contributed by atoms with Crippen molar-refractivity contribution in [2.75, 3.05) is 31.8 Å². The number of anilines is 1. The van der Waals surface area contributed by atoms with Gasteiger partial charge in [-0.2, -0.15) is 0 Å². The quantitative estimate of drug-likeness (QED) is 0.801. The van der Waals surface area contributed by atoms with E-state index in [4.69, 9.17) is 9.47 Å². The number of morpholine rings is 1. The van der Waals surface area contributed by atoms with Crippen LogP contribution in [0.3, 0.4) is 0 Å². The Morgan fingerprint density at radius 2 is 2.47 bits per heavy atom. The Hall–Kier alpha value is -1.66. The van der Waals surface area contributed by atoms with E-state index < -0.39 is 5.97 Å². The Labute approximate surface area is 112 Å². The lowest BCUT2D eigenvalue weighted by Gasteiger charge is -2.38. The third kappa shape index (κ3) is 2.85. The summed E-state index contributed by atoms with van der Waals surface area (Å²) in [5, 5.41) is 9.20. The summed E-state index contributed by atoms with van der Waals surface area (Å²) in [7, 11) is 1.35. The van der Waals surface area contributed by atoms with Gasteiger partial charge >= 0.3 is 5.97 Å². The highest BCUT2D eigenvalue weighted by Gasteiger charge is 2.29. The summed E-state index contributed by atoms with van der Waals surface area (Å²) in [5.41, 5.74) is 0.426. The van der Waals surface area contributed by atoms with E-state index in [-0.39, 0.29) is 18.8 Å². The molecule has 1 saturated heterocycles. The third-order valence-electron chi connectivity index (χ3n) is 3.17. The van der Waals surface area contributed by atoms with Gasteiger partial charge in [-0.25, -0.2) is 9.78 Å². The first-order valence-electron chi connectivity index (χ1n) is 6.19. The van der Waals surface area contributed by atoms with Crippen LogP contribution in [0.15, 0.2) is 18.3 Å². The zero-order valence-electron chi connectivity index (χ0n) is 11.1. The fourth-order valence-electron chi connectivity index (χ4n) is 2.12. The minimum Gasteiger partial charge on any atom is -0.465 e. The molecule has 0 bridgehead atoms. The van der Waals surface area contributed by atoms with Crippen LogP contribution < -0.4 is 4.90 Å². The van der Waals surface area contributed by atoms with Crippen molar-refractivity contribution in [2.24, 2.45) is 0 Å². The number of esters is 1. The van der Waals surface area contributed by atoms with Gasteiger partial charge in [-0.15, -0.1) is 0 Å². The fraction of sp³-hybridized carbons (Fsp3) is 0.538. The lowest BCUT2D eigenvalue weighted by Crippen LogP contribution is -2.50. The van der Waals surface area contributed by atoms with Gasteiger partial charge < -0.3 is 19.5 Å². The molecule has 0 saturated carbocycles. The van der Waals surface area contributed by atoms with Crippen LogP contribution in [0.4, 0.5) is 5.82 Å². The van der Waals surface area contributed by atoms with Gasteiger partial charge in [-0.05, 0) is 19.1 Å². The van der Waals surface area contributed by atoms with E-state index in [1.807, 2.05) is 11.8 Å². The Balaban J connectivity index is 2.31. The van der Waals surface area contributed by atoms with Crippen LogP contribution in [-0.2, 0) is 9.47 Å². The largest absolute Gasteiger partial charge is 0.465 e. The highest BCUT2D eigenvalue weighted by atomic mass is 16.5. The smallest absolute Gasteiger partial charge is 0.341 e. The minimum atomic E-state index is -0.414. The van der Waals surface area contributed by atoms with E-state index in [1.165, 1.54) is 7.11 Å². The van der Waals surface area contributed by atoms with Gasteiger partial charge in [0.15, 0.2) is 0 Å². The first kappa shape index (κ1) is 13.8. The van der Waals surface area contributed by atoms with E-state index in [1.54, 1.807) is 18.3 Å². The molecule has 19 heavy (non-hydrogen) atoms. The van der Waals surface area contributed by atoms with E-state index >= 15 is 0 Å². The van der Waals surface area contributed by atoms with Crippen molar-refractivity contribution in [3.05, 3.63) is 23.9 Å². The molecule has 1 aromatic heterocycles. The van der Waals surface area contributed by atoms with Crippen molar-refractivity contribution in [3.63, 3.8) is 0 Å². The molecule has 1 aromatic rings. The molecule has 6 nitrogen and oxygen atoms in total. The lowest BCUT2D eigenvalue weighted by atomic mass is 10.1. The molecule has 0 aliphatic carbocycles. The predicted octanol–water partition coefficient (Wildman–Crippen LogP) is 0.454. The van der Waals surface area contributed by atoms with E-state index in [2.05, 4.69) is 4.98 Å². The second-order valence-electron chi connectivity index (χ2n) is 4.51. The van der Waals surface area contributed by atoms with Gasteiger partial charge in [0.25, 0.3) is 0 Å². The van der Waals surface area contributed by atoms with Crippen molar-refractivity contribution in [3.8, 4) is 0 Å². The highest BCUT2D eigenvalue weighted by molar-refractivity contribution is 5.94. The normalized spacial score (nSPS) is 23.2. The number of hydrogen-bond acceptors (Lipinski definition) is 6. The molecule has 1 fully saturated rings. The summed E-state index contributed by atoms with van der Waals surface area (Å²) in [6.45, 7) is 2.92. The highest BCUT2D eigenvalue weighted by Crippen LogP contribution is 2.23. The maximum absolute atomic E-state index is 11.8. The molecule has 2 heterocycles. The Morgan fingerprint density at radius 1 is 1.68 bits per heavy atom. The molecule has 104 valence electrons. The average Bonchev–Trinajstić information content (AvgIpc) is 2.47. The summed E-state index contributed by atoms with van der Waals surface area (Å²) in [5.74, 6) is 0.158. The first-order valence-corrected chi connectivity index (χ1v) is 6.19. The number of methoxy groups -OCH3 is 1. The van der Waals surface area contributed by atoms with Gasteiger partial charge in [0.2, 0.25) is 0 Å². The molecule has 1 N–H and O–H groups in total. The summed E-state index contributed by atoms with van der Waals surface area (Å²) < 4.78 is 10.3. The van der Waals surface area contributed by atoms with Crippen LogP contribution >= 0.6 is 0 Å². The van der Waals surface area contributed by atoms with E-state index in [9.17, 15) is 9.90 Å². The van der Waals surface area contributed by atoms with Crippen molar-refractivity contribution < 1.29 is 19.4 Å². The fourth-order valence-corrected chi connectivity index (χ4v) is 2.12. The monoisotopic (exact) mass is 266 g/mol. The standard InChI is InChI=1S/C13H18N2O4/c1-9-8-19-10(7-16)6-15(9)12-11(13(17)18-2)4-3-5-14-12/h3-5,9-10,16H,6-8H2,1-2H3. The van der Waals surface area contributed by atoms with Gasteiger partial charge in [0.05, 0.1) is 32.5 Å².